The smallest absolute Gasteiger partial charge is 0.290 e. The highest BCUT2D eigenvalue weighted by Crippen LogP contribution is 2.50. The monoisotopic (exact) mass is 443 g/mol. The number of furan rings is 1. The van der Waals surface area contributed by atoms with Crippen LogP contribution in [0.1, 0.15) is 49.7 Å². The SMILES string of the molecule is CC1(c2cc(-c3ccc(F)cc3)nc3cc(C(=O)N4CCNCC4(C)C)oc23)CC1.Cl. The van der Waals surface area contributed by atoms with Gasteiger partial charge in [-0.15, -0.1) is 12.4 Å². The van der Waals surface area contributed by atoms with Gasteiger partial charge in [-0.3, -0.25) is 4.79 Å². The second-order valence-electron chi connectivity index (χ2n) is 9.39. The Labute approximate surface area is 187 Å². The van der Waals surface area contributed by atoms with Crippen molar-refractivity contribution in [2.75, 3.05) is 19.6 Å². The number of rotatable bonds is 3. The zero-order chi connectivity index (χ0) is 21.1. The summed E-state index contributed by atoms with van der Waals surface area (Å²) < 4.78 is 19.5. The Bertz CT molecular complexity index is 1140. The highest BCUT2D eigenvalue weighted by molar-refractivity contribution is 5.97. The second kappa shape index (κ2) is 7.61. The minimum absolute atomic E-state index is 0. The van der Waals surface area contributed by atoms with E-state index in [-0.39, 0.29) is 35.1 Å². The number of piperazine rings is 1. The maximum atomic E-state index is 13.4. The zero-order valence-electron chi connectivity index (χ0n) is 18.0. The number of benzene rings is 1. The average molecular weight is 444 g/mol. The number of amides is 1. The van der Waals surface area contributed by atoms with Crippen LogP contribution in [0.15, 0.2) is 40.8 Å². The van der Waals surface area contributed by atoms with Crippen LogP contribution >= 0.6 is 12.4 Å². The van der Waals surface area contributed by atoms with Crippen molar-refractivity contribution in [3.63, 3.8) is 0 Å². The van der Waals surface area contributed by atoms with E-state index < -0.39 is 0 Å². The van der Waals surface area contributed by atoms with Crippen LogP contribution in [0.5, 0.6) is 0 Å². The summed E-state index contributed by atoms with van der Waals surface area (Å²) in [6.07, 6.45) is 2.15. The summed E-state index contributed by atoms with van der Waals surface area (Å²) in [5.41, 5.74) is 3.81. The summed E-state index contributed by atoms with van der Waals surface area (Å²) in [4.78, 5) is 19.9. The van der Waals surface area contributed by atoms with Crippen molar-refractivity contribution in [2.24, 2.45) is 0 Å². The molecule has 5 nitrogen and oxygen atoms in total. The number of nitrogens with zero attached hydrogens (tertiary/aromatic N) is 2. The molecule has 2 fully saturated rings. The maximum absolute atomic E-state index is 13.4. The van der Waals surface area contributed by atoms with Crippen molar-refractivity contribution in [3.05, 3.63) is 53.5 Å². The van der Waals surface area contributed by atoms with Crippen LogP contribution < -0.4 is 5.32 Å². The fourth-order valence-electron chi connectivity index (χ4n) is 4.29. The van der Waals surface area contributed by atoms with E-state index in [0.29, 0.717) is 23.4 Å². The lowest BCUT2D eigenvalue weighted by Gasteiger charge is -2.42. The first-order valence-corrected chi connectivity index (χ1v) is 10.5. The number of aromatic nitrogens is 1. The molecule has 3 heterocycles. The first kappa shape index (κ1) is 21.8. The lowest BCUT2D eigenvalue weighted by atomic mass is 9.96. The number of halogens is 2. The van der Waals surface area contributed by atoms with Crippen molar-refractivity contribution < 1.29 is 13.6 Å². The largest absolute Gasteiger partial charge is 0.449 e. The fraction of sp³-hybridized carbons (Fsp3) is 0.417. The molecule has 3 aromatic rings. The molecule has 0 radical (unpaired) electrons. The van der Waals surface area contributed by atoms with E-state index in [1.165, 1.54) is 12.1 Å². The summed E-state index contributed by atoms with van der Waals surface area (Å²) in [5, 5.41) is 3.34. The van der Waals surface area contributed by atoms with E-state index in [4.69, 9.17) is 9.40 Å². The second-order valence-corrected chi connectivity index (χ2v) is 9.39. The van der Waals surface area contributed by atoms with Crippen LogP contribution in [0.2, 0.25) is 0 Å². The van der Waals surface area contributed by atoms with E-state index in [1.807, 2.05) is 11.0 Å². The third kappa shape index (κ3) is 3.83. The molecule has 1 N–H and O–H groups in total. The van der Waals surface area contributed by atoms with Crippen LogP contribution in [0.4, 0.5) is 4.39 Å². The normalized spacial score (nSPS) is 19.2. The molecule has 1 amide bonds. The van der Waals surface area contributed by atoms with Gasteiger partial charge in [0, 0.05) is 36.8 Å². The molecule has 31 heavy (non-hydrogen) atoms. The number of nitrogens with one attached hydrogen (secondary N) is 1. The Kier molecular flexibility index (Phi) is 5.34. The molecular formula is C24H27ClFN3O2. The molecule has 0 atom stereocenters. The molecule has 1 aliphatic heterocycles. The van der Waals surface area contributed by atoms with E-state index in [9.17, 15) is 9.18 Å². The van der Waals surface area contributed by atoms with Crippen LogP contribution in [-0.2, 0) is 5.41 Å². The molecule has 1 aliphatic carbocycles. The number of pyridine rings is 1. The lowest BCUT2D eigenvalue weighted by molar-refractivity contribution is 0.0448. The van der Waals surface area contributed by atoms with Crippen LogP contribution in [0.25, 0.3) is 22.4 Å². The Morgan fingerprint density at radius 2 is 1.87 bits per heavy atom. The van der Waals surface area contributed by atoms with Crippen molar-refractivity contribution in [2.45, 2.75) is 44.6 Å². The average Bonchev–Trinajstić information content (AvgIpc) is 3.31. The Morgan fingerprint density at radius 1 is 1.16 bits per heavy atom. The van der Waals surface area contributed by atoms with Crippen LogP contribution in [-0.4, -0.2) is 41.0 Å². The van der Waals surface area contributed by atoms with Crippen LogP contribution in [0.3, 0.4) is 0 Å². The van der Waals surface area contributed by atoms with Gasteiger partial charge in [0.2, 0.25) is 0 Å². The Hall–Kier alpha value is -2.44. The van der Waals surface area contributed by atoms with Gasteiger partial charge in [0.25, 0.3) is 5.91 Å². The summed E-state index contributed by atoms with van der Waals surface area (Å²) >= 11 is 0. The van der Waals surface area contributed by atoms with E-state index in [2.05, 4.69) is 26.1 Å². The highest BCUT2D eigenvalue weighted by Gasteiger charge is 2.42. The number of fused-ring (bicyclic) bond motifs is 1. The predicted molar refractivity (Wildman–Crippen MR) is 121 cm³/mol. The molecular weight excluding hydrogens is 417 g/mol. The van der Waals surface area contributed by atoms with E-state index in [1.54, 1.807) is 18.2 Å². The van der Waals surface area contributed by atoms with Gasteiger partial charge in [-0.25, -0.2) is 9.37 Å². The maximum Gasteiger partial charge on any atom is 0.290 e. The van der Waals surface area contributed by atoms with Gasteiger partial charge < -0.3 is 14.6 Å². The van der Waals surface area contributed by atoms with Gasteiger partial charge in [0.05, 0.1) is 11.2 Å². The fourth-order valence-corrected chi connectivity index (χ4v) is 4.29. The molecule has 0 bridgehead atoms. The van der Waals surface area contributed by atoms with Gasteiger partial charge in [0.15, 0.2) is 11.3 Å². The molecule has 0 spiro atoms. The van der Waals surface area contributed by atoms with Crippen LogP contribution in [0, 0.1) is 5.82 Å². The highest BCUT2D eigenvalue weighted by atomic mass is 35.5. The first-order chi connectivity index (χ1) is 14.3. The van der Waals surface area contributed by atoms with Crippen molar-refractivity contribution in [1.29, 1.82) is 0 Å². The Balaban J connectivity index is 0.00000231. The summed E-state index contributed by atoms with van der Waals surface area (Å²) in [5.74, 6) is -0.0481. The summed E-state index contributed by atoms with van der Waals surface area (Å²) in [6.45, 7) is 8.48. The molecule has 164 valence electrons. The molecule has 0 unspecified atom stereocenters. The van der Waals surface area contributed by atoms with Crippen molar-refractivity contribution in [3.8, 4) is 11.3 Å². The molecule has 7 heteroatoms. The quantitative estimate of drug-likeness (QED) is 0.623. The summed E-state index contributed by atoms with van der Waals surface area (Å²) in [7, 11) is 0. The number of hydrogen-bond donors (Lipinski definition) is 1. The number of hydrogen-bond acceptors (Lipinski definition) is 4. The molecule has 2 aliphatic rings. The first-order valence-electron chi connectivity index (χ1n) is 10.5. The molecule has 1 aromatic carbocycles. The van der Waals surface area contributed by atoms with Gasteiger partial charge in [0.1, 0.15) is 11.3 Å². The van der Waals surface area contributed by atoms with Gasteiger partial charge in [-0.2, -0.15) is 0 Å². The third-order valence-corrected chi connectivity index (χ3v) is 6.53. The summed E-state index contributed by atoms with van der Waals surface area (Å²) in [6, 6.07) is 10.1. The third-order valence-electron chi connectivity index (χ3n) is 6.53. The molecule has 2 aromatic heterocycles. The predicted octanol–water partition coefficient (Wildman–Crippen LogP) is 4.93. The minimum atomic E-state index is -0.285. The number of carbonyl (C=O) groups is 1. The van der Waals surface area contributed by atoms with Crippen molar-refractivity contribution >= 4 is 29.4 Å². The van der Waals surface area contributed by atoms with Gasteiger partial charge in [-0.05, 0) is 62.4 Å². The van der Waals surface area contributed by atoms with Gasteiger partial charge in [-0.1, -0.05) is 6.92 Å². The topological polar surface area (TPSA) is 58.4 Å². The molecule has 1 saturated carbocycles. The van der Waals surface area contributed by atoms with Crippen molar-refractivity contribution in [1.82, 2.24) is 15.2 Å². The Morgan fingerprint density at radius 3 is 2.52 bits per heavy atom. The van der Waals surface area contributed by atoms with Gasteiger partial charge >= 0.3 is 0 Å². The zero-order valence-corrected chi connectivity index (χ0v) is 18.8. The van der Waals surface area contributed by atoms with E-state index in [0.717, 1.165) is 42.8 Å². The number of carbonyl (C=O) groups excluding carboxylic acids is 1. The molecule has 1 saturated heterocycles. The van der Waals surface area contributed by atoms with E-state index >= 15 is 0 Å². The molecule has 5 rings (SSSR count). The minimum Gasteiger partial charge on any atom is -0.449 e. The lowest BCUT2D eigenvalue weighted by Crippen LogP contribution is -2.59. The standard InChI is InChI=1S/C24H26FN3O2.ClH/c1-23(2)14-26-10-11-28(23)22(29)20-13-19-21(30-20)17(24(3)8-9-24)12-18(27-19)15-4-6-16(25)7-5-15;/h4-7,12-13,26H,8-11,14H2,1-3H3;1H.